The number of carbonyl (C=O) groups is 1. The van der Waals surface area contributed by atoms with Crippen LogP contribution in [0.5, 0.6) is 0 Å². The number of carbonyl (C=O) groups excluding carboxylic acids is 1. The SMILES string of the molecule is COC(=O)c1ccc(Nc2ncc(Br)c3c(F)cc(F)cc23)cc1. The van der Waals surface area contributed by atoms with Gasteiger partial charge in [0.1, 0.15) is 17.5 Å². The lowest BCUT2D eigenvalue weighted by Crippen LogP contribution is -2.01. The van der Waals surface area contributed by atoms with E-state index in [-0.39, 0.29) is 5.39 Å². The van der Waals surface area contributed by atoms with Crippen LogP contribution in [-0.4, -0.2) is 18.1 Å². The molecule has 1 heterocycles. The van der Waals surface area contributed by atoms with E-state index in [1.165, 1.54) is 19.4 Å². The van der Waals surface area contributed by atoms with Gasteiger partial charge in [0.15, 0.2) is 0 Å². The van der Waals surface area contributed by atoms with Crippen molar-refractivity contribution < 1.29 is 18.3 Å². The summed E-state index contributed by atoms with van der Waals surface area (Å²) in [4.78, 5) is 15.6. The van der Waals surface area contributed by atoms with Crippen LogP contribution < -0.4 is 5.32 Å². The van der Waals surface area contributed by atoms with E-state index in [1.54, 1.807) is 24.3 Å². The Hall–Kier alpha value is -2.54. The van der Waals surface area contributed by atoms with Crippen LogP contribution in [0.3, 0.4) is 0 Å². The summed E-state index contributed by atoms with van der Waals surface area (Å²) < 4.78 is 32.7. The quantitative estimate of drug-likeness (QED) is 0.650. The third-order valence-corrected chi connectivity index (χ3v) is 4.03. The second-order valence-corrected chi connectivity index (χ2v) is 5.81. The molecule has 0 spiro atoms. The topological polar surface area (TPSA) is 51.2 Å². The first-order chi connectivity index (χ1) is 11.5. The van der Waals surface area contributed by atoms with Crippen molar-refractivity contribution >= 4 is 44.2 Å². The number of ether oxygens (including phenoxy) is 1. The lowest BCUT2D eigenvalue weighted by atomic mass is 10.1. The van der Waals surface area contributed by atoms with E-state index in [9.17, 15) is 13.6 Å². The van der Waals surface area contributed by atoms with Gasteiger partial charge in [-0.1, -0.05) is 0 Å². The molecule has 1 N–H and O–H groups in total. The Kier molecular flexibility index (Phi) is 4.44. The van der Waals surface area contributed by atoms with E-state index in [1.807, 2.05) is 0 Å². The van der Waals surface area contributed by atoms with Crippen LogP contribution in [0.4, 0.5) is 20.3 Å². The van der Waals surface area contributed by atoms with Gasteiger partial charge in [0.2, 0.25) is 0 Å². The molecule has 0 amide bonds. The molecule has 7 heteroatoms. The van der Waals surface area contributed by atoms with Crippen molar-refractivity contribution in [1.82, 2.24) is 4.98 Å². The van der Waals surface area contributed by atoms with Crippen molar-refractivity contribution in [3.63, 3.8) is 0 Å². The number of nitrogens with zero attached hydrogens (tertiary/aromatic N) is 1. The summed E-state index contributed by atoms with van der Waals surface area (Å²) in [5.74, 6) is -1.51. The van der Waals surface area contributed by atoms with Crippen LogP contribution >= 0.6 is 15.9 Å². The first-order valence-corrected chi connectivity index (χ1v) is 7.67. The molecule has 3 rings (SSSR count). The number of halogens is 3. The molecule has 0 atom stereocenters. The van der Waals surface area contributed by atoms with Crippen molar-refractivity contribution in [3.8, 4) is 0 Å². The lowest BCUT2D eigenvalue weighted by Gasteiger charge is -2.11. The highest BCUT2D eigenvalue weighted by Gasteiger charge is 2.13. The van der Waals surface area contributed by atoms with Gasteiger partial charge in [0.05, 0.1) is 12.7 Å². The van der Waals surface area contributed by atoms with E-state index in [2.05, 4.69) is 31.0 Å². The van der Waals surface area contributed by atoms with Crippen LogP contribution in [0.25, 0.3) is 10.8 Å². The number of anilines is 2. The fourth-order valence-electron chi connectivity index (χ4n) is 2.30. The third-order valence-electron chi connectivity index (χ3n) is 3.42. The Morgan fingerprint density at radius 3 is 2.58 bits per heavy atom. The Bertz CT molecular complexity index is 930. The van der Waals surface area contributed by atoms with Gasteiger partial charge in [-0.3, -0.25) is 0 Å². The molecule has 0 fully saturated rings. The van der Waals surface area contributed by atoms with Gasteiger partial charge in [-0.15, -0.1) is 0 Å². The molecule has 24 heavy (non-hydrogen) atoms. The molecule has 0 aliphatic rings. The van der Waals surface area contributed by atoms with Crippen LogP contribution in [-0.2, 0) is 4.74 Å². The maximum absolute atomic E-state index is 14.0. The Labute approximate surface area is 144 Å². The number of hydrogen-bond acceptors (Lipinski definition) is 4. The van der Waals surface area contributed by atoms with E-state index < -0.39 is 17.6 Å². The predicted molar refractivity (Wildman–Crippen MR) is 90.4 cm³/mol. The Morgan fingerprint density at radius 2 is 1.92 bits per heavy atom. The average molecular weight is 393 g/mol. The minimum Gasteiger partial charge on any atom is -0.465 e. The smallest absolute Gasteiger partial charge is 0.337 e. The van der Waals surface area contributed by atoms with Gasteiger partial charge < -0.3 is 10.1 Å². The molecule has 2 aromatic carbocycles. The highest BCUT2D eigenvalue weighted by molar-refractivity contribution is 9.10. The second-order valence-electron chi connectivity index (χ2n) is 4.96. The highest BCUT2D eigenvalue weighted by Crippen LogP contribution is 2.32. The molecule has 0 radical (unpaired) electrons. The van der Waals surface area contributed by atoms with Gasteiger partial charge in [0, 0.05) is 33.2 Å². The normalized spacial score (nSPS) is 10.7. The van der Waals surface area contributed by atoms with E-state index >= 15 is 0 Å². The number of nitrogens with one attached hydrogen (secondary N) is 1. The number of aromatic nitrogens is 1. The third kappa shape index (κ3) is 3.07. The maximum Gasteiger partial charge on any atom is 0.337 e. The molecule has 0 unspecified atom stereocenters. The van der Waals surface area contributed by atoms with Crippen LogP contribution in [0.2, 0.25) is 0 Å². The van der Waals surface area contributed by atoms with E-state index in [0.29, 0.717) is 26.9 Å². The molecule has 0 aliphatic heterocycles. The number of esters is 1. The Balaban J connectivity index is 2.01. The number of benzene rings is 2. The molecule has 0 aliphatic carbocycles. The van der Waals surface area contributed by atoms with Crippen LogP contribution in [0, 0.1) is 11.6 Å². The first kappa shape index (κ1) is 16.3. The molecular formula is C17H11BrF2N2O2. The minimum atomic E-state index is -0.691. The van der Waals surface area contributed by atoms with Crippen molar-refractivity contribution in [2.24, 2.45) is 0 Å². The Morgan fingerprint density at radius 1 is 1.21 bits per heavy atom. The standard InChI is InChI=1S/C17H11BrF2N2O2/c1-24-17(23)9-2-4-11(5-3-9)22-16-12-6-10(19)7-14(20)15(12)13(18)8-21-16/h2-8H,1H3,(H,21,22). The summed E-state index contributed by atoms with van der Waals surface area (Å²) in [6.45, 7) is 0. The summed E-state index contributed by atoms with van der Waals surface area (Å²) in [5, 5.41) is 3.54. The zero-order valence-electron chi connectivity index (χ0n) is 12.4. The van der Waals surface area contributed by atoms with Crippen molar-refractivity contribution in [2.75, 3.05) is 12.4 Å². The maximum atomic E-state index is 14.0. The summed E-state index contributed by atoms with van der Waals surface area (Å²) >= 11 is 3.22. The molecule has 0 saturated carbocycles. The minimum absolute atomic E-state index is 0.236. The summed E-state index contributed by atoms with van der Waals surface area (Å²) in [6.07, 6.45) is 1.44. The molecule has 0 bridgehead atoms. The molecule has 122 valence electrons. The second kappa shape index (κ2) is 6.52. The van der Waals surface area contributed by atoms with Gasteiger partial charge in [0.25, 0.3) is 0 Å². The van der Waals surface area contributed by atoms with Crippen molar-refractivity contribution in [1.29, 1.82) is 0 Å². The largest absolute Gasteiger partial charge is 0.465 e. The van der Waals surface area contributed by atoms with Gasteiger partial charge >= 0.3 is 5.97 Å². The fraction of sp³-hybridized carbons (Fsp3) is 0.0588. The average Bonchev–Trinajstić information content (AvgIpc) is 2.57. The van der Waals surface area contributed by atoms with E-state index in [4.69, 9.17) is 0 Å². The lowest BCUT2D eigenvalue weighted by molar-refractivity contribution is 0.0601. The zero-order valence-corrected chi connectivity index (χ0v) is 14.0. The molecule has 3 aromatic rings. The monoisotopic (exact) mass is 392 g/mol. The number of hydrogen-bond donors (Lipinski definition) is 1. The predicted octanol–water partition coefficient (Wildman–Crippen LogP) is 4.81. The van der Waals surface area contributed by atoms with Gasteiger partial charge in [-0.25, -0.2) is 18.6 Å². The van der Waals surface area contributed by atoms with Gasteiger partial charge in [-0.05, 0) is 46.3 Å². The summed E-state index contributed by atoms with van der Waals surface area (Å²) in [6, 6.07) is 8.49. The number of rotatable bonds is 3. The van der Waals surface area contributed by atoms with Gasteiger partial charge in [-0.2, -0.15) is 0 Å². The molecule has 1 aromatic heterocycles. The molecular weight excluding hydrogens is 382 g/mol. The number of pyridine rings is 1. The zero-order chi connectivity index (χ0) is 17.3. The number of fused-ring (bicyclic) bond motifs is 1. The van der Waals surface area contributed by atoms with Crippen LogP contribution in [0.15, 0.2) is 47.1 Å². The summed E-state index contributed by atoms with van der Waals surface area (Å²) in [5.41, 5.74) is 1.01. The first-order valence-electron chi connectivity index (χ1n) is 6.88. The fourth-order valence-corrected chi connectivity index (χ4v) is 2.81. The molecule has 4 nitrogen and oxygen atoms in total. The number of methoxy groups -OCH3 is 1. The van der Waals surface area contributed by atoms with E-state index in [0.717, 1.165) is 6.07 Å². The van der Waals surface area contributed by atoms with Crippen molar-refractivity contribution in [2.45, 2.75) is 0 Å². The van der Waals surface area contributed by atoms with Crippen molar-refractivity contribution in [3.05, 3.63) is 64.3 Å². The van der Waals surface area contributed by atoms with Crippen LogP contribution in [0.1, 0.15) is 10.4 Å². The molecule has 0 saturated heterocycles. The summed E-state index contributed by atoms with van der Waals surface area (Å²) in [7, 11) is 1.30. The highest BCUT2D eigenvalue weighted by atomic mass is 79.9.